The van der Waals surface area contributed by atoms with E-state index >= 15 is 0 Å². The highest BCUT2D eigenvalue weighted by Gasteiger charge is 2.15. The molecule has 126 valence electrons. The van der Waals surface area contributed by atoms with Gasteiger partial charge in [0, 0.05) is 26.2 Å². The van der Waals surface area contributed by atoms with Crippen LogP contribution in [0.4, 0.5) is 4.79 Å². The number of guanidine groups is 1. The van der Waals surface area contributed by atoms with E-state index in [9.17, 15) is 4.79 Å². The summed E-state index contributed by atoms with van der Waals surface area (Å²) in [5, 5.41) is 9.12. The van der Waals surface area contributed by atoms with Gasteiger partial charge in [-0.1, -0.05) is 13.8 Å². The number of nitrogens with one attached hydrogen (secondary N) is 3. The van der Waals surface area contributed by atoms with Crippen LogP contribution in [0.5, 0.6) is 0 Å². The number of amides is 1. The third kappa shape index (κ3) is 12.7. The molecule has 0 rings (SSSR count). The zero-order valence-electron chi connectivity index (χ0n) is 14.2. The lowest BCUT2D eigenvalue weighted by Gasteiger charge is -2.21. The maximum Gasteiger partial charge on any atom is 0.407 e. The summed E-state index contributed by atoms with van der Waals surface area (Å²) in [5.74, 6) is 1.26. The Hall–Kier alpha value is -0.730. The molecule has 3 N–H and O–H groups in total. The summed E-state index contributed by atoms with van der Waals surface area (Å²) in [4.78, 5) is 15.6. The summed E-state index contributed by atoms with van der Waals surface area (Å²) < 4.78 is 5.14. The van der Waals surface area contributed by atoms with Gasteiger partial charge in [-0.3, -0.25) is 4.99 Å². The molecule has 0 saturated carbocycles. The van der Waals surface area contributed by atoms with Crippen molar-refractivity contribution in [1.82, 2.24) is 16.0 Å². The number of carbonyl (C=O) groups is 1. The van der Waals surface area contributed by atoms with Gasteiger partial charge >= 0.3 is 6.09 Å². The zero-order valence-corrected chi connectivity index (χ0v) is 16.6. The zero-order chi connectivity index (χ0) is 15.8. The summed E-state index contributed by atoms with van der Waals surface area (Å²) in [6.07, 6.45) is -0.405. The van der Waals surface area contributed by atoms with Crippen molar-refractivity contribution in [3.8, 4) is 0 Å². The van der Waals surface area contributed by atoms with Crippen molar-refractivity contribution in [3.05, 3.63) is 0 Å². The van der Waals surface area contributed by atoms with Gasteiger partial charge in [-0.05, 0) is 33.6 Å². The van der Waals surface area contributed by atoms with Gasteiger partial charge in [0.1, 0.15) is 5.60 Å². The van der Waals surface area contributed by atoms with E-state index in [2.05, 4.69) is 41.7 Å². The van der Waals surface area contributed by atoms with Crippen molar-refractivity contribution in [2.75, 3.05) is 20.1 Å². The number of carbonyl (C=O) groups excluding carboxylic acids is 1. The summed E-state index contributed by atoms with van der Waals surface area (Å²) in [7, 11) is 1.73. The first kappa shape index (κ1) is 22.5. The Labute approximate surface area is 145 Å². The standard InChI is InChI=1S/C14H30N4O2.HI/c1-10(2)11(3)18-12(15-7)16-8-9-17-13(19)20-14(4,5)6;/h10-11H,8-9H2,1-7H3,(H,17,19)(H2,15,16,18);1H. The molecule has 0 aliphatic rings. The van der Waals surface area contributed by atoms with Crippen LogP contribution in [0.3, 0.4) is 0 Å². The minimum Gasteiger partial charge on any atom is -0.444 e. The first-order chi connectivity index (χ1) is 9.15. The molecule has 0 radical (unpaired) electrons. The van der Waals surface area contributed by atoms with E-state index in [1.807, 2.05) is 20.8 Å². The van der Waals surface area contributed by atoms with Gasteiger partial charge in [0.15, 0.2) is 5.96 Å². The fraction of sp³-hybridized carbons (Fsp3) is 0.857. The molecule has 1 atom stereocenters. The Balaban J connectivity index is 0. The smallest absolute Gasteiger partial charge is 0.407 e. The van der Waals surface area contributed by atoms with Crippen molar-refractivity contribution >= 4 is 36.0 Å². The highest BCUT2D eigenvalue weighted by Crippen LogP contribution is 2.05. The summed E-state index contributed by atoms with van der Waals surface area (Å²) in [5.41, 5.74) is -0.470. The highest BCUT2D eigenvalue weighted by atomic mass is 127. The van der Waals surface area contributed by atoms with Gasteiger partial charge in [-0.2, -0.15) is 0 Å². The third-order valence-electron chi connectivity index (χ3n) is 2.67. The minimum atomic E-state index is -0.470. The third-order valence-corrected chi connectivity index (χ3v) is 2.67. The number of aliphatic imine (C=N–C) groups is 1. The Morgan fingerprint density at radius 1 is 1.14 bits per heavy atom. The number of ether oxygens (including phenoxy) is 1. The average Bonchev–Trinajstić information content (AvgIpc) is 2.30. The van der Waals surface area contributed by atoms with Gasteiger partial charge in [0.25, 0.3) is 0 Å². The fourth-order valence-electron chi connectivity index (χ4n) is 1.24. The van der Waals surface area contributed by atoms with E-state index in [1.165, 1.54) is 0 Å². The monoisotopic (exact) mass is 414 g/mol. The molecule has 0 bridgehead atoms. The lowest BCUT2D eigenvalue weighted by atomic mass is 10.1. The summed E-state index contributed by atoms with van der Waals surface area (Å²) in [6.45, 7) is 13.0. The molecule has 0 saturated heterocycles. The van der Waals surface area contributed by atoms with Crippen molar-refractivity contribution in [1.29, 1.82) is 0 Å². The molecule has 0 aliphatic carbocycles. The number of hydrogen-bond donors (Lipinski definition) is 3. The molecule has 0 aromatic carbocycles. The van der Waals surface area contributed by atoms with E-state index in [-0.39, 0.29) is 24.0 Å². The lowest BCUT2D eigenvalue weighted by Crippen LogP contribution is -2.46. The maximum absolute atomic E-state index is 11.4. The number of halogens is 1. The molecule has 1 unspecified atom stereocenters. The van der Waals surface area contributed by atoms with Crippen molar-refractivity contribution < 1.29 is 9.53 Å². The SMILES string of the molecule is CN=C(NCCNC(=O)OC(C)(C)C)NC(C)C(C)C.I. The van der Waals surface area contributed by atoms with E-state index in [0.29, 0.717) is 25.0 Å². The van der Waals surface area contributed by atoms with Crippen LogP contribution >= 0.6 is 24.0 Å². The number of hydrogen-bond acceptors (Lipinski definition) is 3. The highest BCUT2D eigenvalue weighted by molar-refractivity contribution is 14.0. The van der Waals surface area contributed by atoms with E-state index < -0.39 is 11.7 Å². The fourth-order valence-corrected chi connectivity index (χ4v) is 1.24. The van der Waals surface area contributed by atoms with Gasteiger partial charge in [0.2, 0.25) is 0 Å². The van der Waals surface area contributed by atoms with Crippen LogP contribution in [-0.4, -0.2) is 43.8 Å². The van der Waals surface area contributed by atoms with Gasteiger partial charge < -0.3 is 20.7 Å². The Kier molecular flexibility index (Phi) is 11.7. The number of rotatable bonds is 5. The minimum absolute atomic E-state index is 0. The summed E-state index contributed by atoms with van der Waals surface area (Å²) >= 11 is 0. The number of nitrogens with zero attached hydrogens (tertiary/aromatic N) is 1. The topological polar surface area (TPSA) is 74.8 Å². The van der Waals surface area contributed by atoms with E-state index in [1.54, 1.807) is 7.05 Å². The molecule has 0 aromatic heterocycles. The molecule has 0 fully saturated rings. The van der Waals surface area contributed by atoms with Crippen LogP contribution in [0.2, 0.25) is 0 Å². The van der Waals surface area contributed by atoms with Crippen molar-refractivity contribution in [2.24, 2.45) is 10.9 Å². The molecule has 1 amide bonds. The Morgan fingerprint density at radius 3 is 2.10 bits per heavy atom. The second kappa shape index (κ2) is 10.9. The quantitative estimate of drug-likeness (QED) is 0.280. The molecule has 6 nitrogen and oxygen atoms in total. The molecule has 0 aliphatic heterocycles. The van der Waals surface area contributed by atoms with Crippen molar-refractivity contribution in [3.63, 3.8) is 0 Å². The second-order valence-corrected chi connectivity index (χ2v) is 6.10. The predicted molar refractivity (Wildman–Crippen MR) is 98.4 cm³/mol. The van der Waals surface area contributed by atoms with Crippen LogP contribution < -0.4 is 16.0 Å². The second-order valence-electron chi connectivity index (χ2n) is 6.10. The van der Waals surface area contributed by atoms with Crippen LogP contribution in [0.15, 0.2) is 4.99 Å². The molecule has 21 heavy (non-hydrogen) atoms. The molecule has 0 spiro atoms. The molecule has 0 aromatic rings. The lowest BCUT2D eigenvalue weighted by molar-refractivity contribution is 0.0529. The molecule has 0 heterocycles. The average molecular weight is 414 g/mol. The Bertz CT molecular complexity index is 327. The first-order valence-corrected chi connectivity index (χ1v) is 7.09. The van der Waals surface area contributed by atoms with E-state index in [4.69, 9.17) is 4.74 Å². The number of alkyl carbamates (subject to hydrolysis) is 1. The van der Waals surface area contributed by atoms with Crippen LogP contribution in [-0.2, 0) is 4.74 Å². The van der Waals surface area contributed by atoms with Gasteiger partial charge in [0.05, 0.1) is 0 Å². The maximum atomic E-state index is 11.4. The Morgan fingerprint density at radius 2 is 1.67 bits per heavy atom. The van der Waals surface area contributed by atoms with E-state index in [0.717, 1.165) is 5.96 Å². The molecule has 7 heteroatoms. The van der Waals surface area contributed by atoms with Crippen LogP contribution in [0, 0.1) is 5.92 Å². The predicted octanol–water partition coefficient (Wildman–Crippen LogP) is 2.34. The summed E-state index contributed by atoms with van der Waals surface area (Å²) in [6, 6.07) is 0.333. The van der Waals surface area contributed by atoms with Gasteiger partial charge in [-0.15, -0.1) is 24.0 Å². The largest absolute Gasteiger partial charge is 0.444 e. The van der Waals surface area contributed by atoms with Crippen LogP contribution in [0.25, 0.3) is 0 Å². The molecular formula is C14H31IN4O2. The first-order valence-electron chi connectivity index (χ1n) is 7.09. The van der Waals surface area contributed by atoms with Crippen molar-refractivity contribution in [2.45, 2.75) is 53.2 Å². The molecular weight excluding hydrogens is 383 g/mol. The normalized spacial score (nSPS) is 13.2. The van der Waals surface area contributed by atoms with Gasteiger partial charge in [-0.25, -0.2) is 4.79 Å². The van der Waals surface area contributed by atoms with Crippen LogP contribution in [0.1, 0.15) is 41.5 Å².